The number of rotatable bonds is 3. The largest absolute Gasteiger partial charge is 0.262 e. The van der Waals surface area contributed by atoms with Crippen molar-refractivity contribution in [3.63, 3.8) is 0 Å². The number of hydrogen-bond acceptors (Lipinski definition) is 1. The molecule has 4 heteroatoms. The molecule has 25 heavy (non-hydrogen) atoms. The van der Waals surface area contributed by atoms with E-state index in [0.717, 1.165) is 22.8 Å². The van der Waals surface area contributed by atoms with Gasteiger partial charge in [-0.2, -0.15) is 0 Å². The lowest BCUT2D eigenvalue weighted by molar-refractivity contribution is -0.634. The van der Waals surface area contributed by atoms with Crippen molar-refractivity contribution in [2.75, 3.05) is 11.9 Å². The monoisotopic (exact) mass is 332 g/mol. The number of aromatic nitrogens is 2. The highest BCUT2D eigenvalue weighted by Crippen LogP contribution is 2.24. The van der Waals surface area contributed by atoms with Gasteiger partial charge in [-0.05, 0) is 48.5 Å². The normalized spacial score (nSPS) is 11.0. The van der Waals surface area contributed by atoms with Crippen LogP contribution in [0.25, 0.3) is 16.7 Å². The van der Waals surface area contributed by atoms with Gasteiger partial charge in [-0.15, -0.1) is 0 Å². The number of para-hydroxylation sites is 1. The maximum absolute atomic E-state index is 13.2. The van der Waals surface area contributed by atoms with Crippen molar-refractivity contribution in [2.45, 2.75) is 0 Å². The molecule has 4 rings (SSSR count). The average Bonchev–Trinajstić information content (AvgIpc) is 3.08. The van der Waals surface area contributed by atoms with Gasteiger partial charge in [0.15, 0.2) is 0 Å². The van der Waals surface area contributed by atoms with E-state index in [-0.39, 0.29) is 5.82 Å². The Morgan fingerprint density at radius 3 is 2.32 bits per heavy atom. The Morgan fingerprint density at radius 1 is 0.880 bits per heavy atom. The highest BCUT2D eigenvalue weighted by molar-refractivity contribution is 5.77. The molecule has 0 saturated carbocycles. The van der Waals surface area contributed by atoms with Crippen LogP contribution in [0.5, 0.6) is 0 Å². The summed E-state index contributed by atoms with van der Waals surface area (Å²) in [5, 5.41) is 1.17. The SMILES string of the molecule is CN(c1ccc(F)cc1)c1ccc2ccn(-c3ccccc3)c2[n+]1C. The van der Waals surface area contributed by atoms with Crippen LogP contribution in [0.4, 0.5) is 15.9 Å². The maximum Gasteiger partial charge on any atom is 0.240 e. The molecule has 0 aliphatic rings. The topological polar surface area (TPSA) is 12.1 Å². The quantitative estimate of drug-likeness (QED) is 0.508. The number of pyridine rings is 1. The summed E-state index contributed by atoms with van der Waals surface area (Å²) in [6.45, 7) is 0. The molecule has 124 valence electrons. The molecule has 0 aliphatic heterocycles. The molecule has 3 nitrogen and oxygen atoms in total. The van der Waals surface area contributed by atoms with E-state index in [2.05, 4.69) is 57.6 Å². The fourth-order valence-electron chi connectivity index (χ4n) is 3.24. The van der Waals surface area contributed by atoms with Crippen molar-refractivity contribution in [3.8, 4) is 5.69 Å². The first-order chi connectivity index (χ1) is 12.1. The van der Waals surface area contributed by atoms with E-state index in [9.17, 15) is 4.39 Å². The van der Waals surface area contributed by atoms with Gasteiger partial charge in [-0.3, -0.25) is 4.90 Å². The molecule has 2 heterocycles. The standard InChI is InChI=1S/C21H19FN3/c1-23(18-11-9-17(22)10-12-18)20-13-8-16-14-15-25(21(16)24(20)2)19-6-4-3-5-7-19/h3-15H,1-2H3/q+1. The number of fused-ring (bicyclic) bond motifs is 1. The van der Waals surface area contributed by atoms with Crippen LogP contribution in [-0.2, 0) is 7.05 Å². The number of halogens is 1. The maximum atomic E-state index is 13.2. The van der Waals surface area contributed by atoms with E-state index in [4.69, 9.17) is 0 Å². The Bertz CT molecular complexity index is 1020. The van der Waals surface area contributed by atoms with Crippen LogP contribution in [0.15, 0.2) is 79.0 Å². The van der Waals surface area contributed by atoms with Crippen molar-refractivity contribution < 1.29 is 8.96 Å². The molecule has 0 saturated heterocycles. The summed E-state index contributed by atoms with van der Waals surface area (Å²) in [5.41, 5.74) is 3.17. The second-order valence-electron chi connectivity index (χ2n) is 6.09. The minimum absolute atomic E-state index is 0.227. The third-order valence-electron chi connectivity index (χ3n) is 4.55. The van der Waals surface area contributed by atoms with E-state index in [1.807, 2.05) is 25.2 Å². The van der Waals surface area contributed by atoms with Gasteiger partial charge >= 0.3 is 0 Å². The Labute approximate surface area is 146 Å². The van der Waals surface area contributed by atoms with E-state index in [0.29, 0.717) is 0 Å². The van der Waals surface area contributed by atoms with Crippen LogP contribution in [0.3, 0.4) is 0 Å². The Hall–Kier alpha value is -3.14. The van der Waals surface area contributed by atoms with Crippen molar-refractivity contribution in [1.29, 1.82) is 0 Å². The van der Waals surface area contributed by atoms with Gasteiger partial charge in [0.2, 0.25) is 11.5 Å². The molecule has 0 spiro atoms. The third kappa shape index (κ3) is 2.66. The van der Waals surface area contributed by atoms with E-state index in [1.165, 1.54) is 17.5 Å². The molecule has 0 amide bonds. The van der Waals surface area contributed by atoms with Gasteiger partial charge in [-0.25, -0.2) is 13.5 Å². The smallest absolute Gasteiger partial charge is 0.240 e. The number of anilines is 2. The predicted molar refractivity (Wildman–Crippen MR) is 98.9 cm³/mol. The lowest BCUT2D eigenvalue weighted by atomic mass is 10.2. The average molecular weight is 332 g/mol. The molecule has 0 atom stereocenters. The lowest BCUT2D eigenvalue weighted by Gasteiger charge is -2.17. The van der Waals surface area contributed by atoms with E-state index >= 15 is 0 Å². The minimum atomic E-state index is -0.227. The molecule has 0 bridgehead atoms. The zero-order valence-corrected chi connectivity index (χ0v) is 14.2. The Balaban J connectivity index is 1.86. The summed E-state index contributed by atoms with van der Waals surface area (Å²) in [7, 11) is 4.04. The van der Waals surface area contributed by atoms with Crippen LogP contribution in [-0.4, -0.2) is 11.6 Å². The number of nitrogens with zero attached hydrogens (tertiary/aromatic N) is 3. The molecule has 4 aromatic rings. The zero-order chi connectivity index (χ0) is 17.4. The van der Waals surface area contributed by atoms with Crippen LogP contribution in [0.1, 0.15) is 0 Å². The first-order valence-electron chi connectivity index (χ1n) is 8.20. The molecule has 0 radical (unpaired) electrons. The fourth-order valence-corrected chi connectivity index (χ4v) is 3.24. The van der Waals surface area contributed by atoms with Gasteiger partial charge in [0.25, 0.3) is 0 Å². The van der Waals surface area contributed by atoms with Crippen molar-refractivity contribution >= 4 is 22.5 Å². The van der Waals surface area contributed by atoms with Crippen molar-refractivity contribution in [2.24, 2.45) is 7.05 Å². The first-order valence-corrected chi connectivity index (χ1v) is 8.20. The Kier molecular flexibility index (Phi) is 3.73. The van der Waals surface area contributed by atoms with Gasteiger partial charge in [-0.1, -0.05) is 18.2 Å². The number of aryl methyl sites for hydroxylation is 1. The molecule has 0 unspecified atom stereocenters. The highest BCUT2D eigenvalue weighted by atomic mass is 19.1. The second kappa shape index (κ2) is 6.06. The molecular weight excluding hydrogens is 313 g/mol. The first kappa shape index (κ1) is 15.4. The van der Waals surface area contributed by atoms with E-state index < -0.39 is 0 Å². The molecule has 0 aliphatic carbocycles. The molecule has 2 aromatic carbocycles. The minimum Gasteiger partial charge on any atom is -0.262 e. The van der Waals surface area contributed by atoms with Crippen LogP contribution in [0, 0.1) is 5.82 Å². The van der Waals surface area contributed by atoms with Gasteiger partial charge in [0.1, 0.15) is 11.5 Å². The second-order valence-corrected chi connectivity index (χ2v) is 6.09. The summed E-state index contributed by atoms with van der Waals surface area (Å²) in [5.74, 6) is 0.796. The van der Waals surface area contributed by atoms with Crippen LogP contribution < -0.4 is 9.47 Å². The number of hydrogen-bond donors (Lipinski definition) is 0. The summed E-state index contributed by atoms with van der Waals surface area (Å²) < 4.78 is 17.5. The molecule has 0 N–H and O–H groups in total. The summed E-state index contributed by atoms with van der Waals surface area (Å²) in [6.07, 6.45) is 2.08. The molecule has 2 aromatic heterocycles. The van der Waals surface area contributed by atoms with E-state index in [1.54, 1.807) is 12.1 Å². The zero-order valence-electron chi connectivity index (χ0n) is 14.2. The van der Waals surface area contributed by atoms with Crippen molar-refractivity contribution in [1.82, 2.24) is 4.57 Å². The van der Waals surface area contributed by atoms with Gasteiger partial charge in [0, 0.05) is 6.07 Å². The lowest BCUT2D eigenvalue weighted by Crippen LogP contribution is -2.37. The molecule has 0 fully saturated rings. The van der Waals surface area contributed by atoms with Gasteiger partial charge < -0.3 is 0 Å². The summed E-state index contributed by atoms with van der Waals surface area (Å²) >= 11 is 0. The van der Waals surface area contributed by atoms with Crippen LogP contribution in [0.2, 0.25) is 0 Å². The predicted octanol–water partition coefficient (Wildman–Crippen LogP) is 4.36. The highest BCUT2D eigenvalue weighted by Gasteiger charge is 2.19. The Morgan fingerprint density at radius 2 is 1.60 bits per heavy atom. The molecular formula is C21H19FN3+. The third-order valence-corrected chi connectivity index (χ3v) is 4.55. The van der Waals surface area contributed by atoms with Crippen molar-refractivity contribution in [3.05, 3.63) is 84.8 Å². The van der Waals surface area contributed by atoms with Crippen LogP contribution >= 0.6 is 0 Å². The summed E-state index contributed by atoms with van der Waals surface area (Å²) in [6, 6.07) is 23.1. The fraction of sp³-hybridized carbons (Fsp3) is 0.0952. The number of benzene rings is 2. The summed E-state index contributed by atoms with van der Waals surface area (Å²) in [4.78, 5) is 2.06. The van der Waals surface area contributed by atoms with Gasteiger partial charge in [0.05, 0.1) is 31.4 Å².